The Hall–Kier alpha value is -2.54. The molecule has 0 bridgehead atoms. The van der Waals surface area contributed by atoms with Gasteiger partial charge in [-0.2, -0.15) is 4.63 Å². The molecular formula is C19H24ClN5O2. The van der Waals surface area contributed by atoms with Gasteiger partial charge in [-0.15, -0.1) is 5.10 Å². The summed E-state index contributed by atoms with van der Waals surface area (Å²) in [6.07, 6.45) is 1.21. The normalized spacial score (nSPS) is 11.8. The molecule has 7 nitrogen and oxygen atoms in total. The number of H-pyrrole nitrogens is 1. The van der Waals surface area contributed by atoms with Crippen LogP contribution < -0.4 is 10.1 Å². The van der Waals surface area contributed by atoms with Gasteiger partial charge in [0.2, 0.25) is 5.91 Å². The average Bonchev–Trinajstić information content (AvgIpc) is 3.14. The highest BCUT2D eigenvalue weighted by Crippen LogP contribution is 2.34. The van der Waals surface area contributed by atoms with Crippen LogP contribution >= 0.6 is 11.6 Å². The first kappa shape index (κ1) is 19.2. The number of aromatic amines is 1. The number of ether oxygens (including phenoxy) is 1. The van der Waals surface area contributed by atoms with Crippen molar-refractivity contribution < 1.29 is 9.53 Å². The lowest BCUT2D eigenvalue weighted by atomic mass is 9.92. The second-order valence-electron chi connectivity index (χ2n) is 7.43. The van der Waals surface area contributed by atoms with Crippen LogP contribution in [0.2, 0.25) is 5.02 Å². The monoisotopic (exact) mass is 389 g/mol. The number of halogens is 1. The van der Waals surface area contributed by atoms with Gasteiger partial charge in [-0.05, 0) is 18.6 Å². The fourth-order valence-electron chi connectivity index (χ4n) is 2.80. The molecule has 0 unspecified atom stereocenters. The van der Waals surface area contributed by atoms with Gasteiger partial charge in [0, 0.05) is 23.5 Å². The summed E-state index contributed by atoms with van der Waals surface area (Å²) >= 11 is 6.51. The van der Waals surface area contributed by atoms with Crippen LogP contribution in [0.5, 0.6) is 5.75 Å². The Labute approximate surface area is 163 Å². The highest BCUT2D eigenvalue weighted by molar-refractivity contribution is 6.34. The van der Waals surface area contributed by atoms with E-state index >= 15 is 0 Å². The number of fused-ring (bicyclic) bond motifs is 1. The molecule has 0 atom stereocenters. The minimum atomic E-state index is -0.154. The Balaban J connectivity index is 2.06. The number of anilines is 1. The van der Waals surface area contributed by atoms with Crippen molar-refractivity contribution in [2.75, 3.05) is 12.4 Å². The second-order valence-corrected chi connectivity index (χ2v) is 7.81. The van der Waals surface area contributed by atoms with Gasteiger partial charge < -0.3 is 10.1 Å². The maximum absolute atomic E-state index is 12.1. The molecule has 0 saturated heterocycles. The number of nitrogens with zero attached hydrogens (tertiary/aromatic N) is 3. The van der Waals surface area contributed by atoms with Crippen molar-refractivity contribution in [1.82, 2.24) is 19.8 Å². The number of hydrogen-bond acceptors (Lipinski definition) is 4. The molecule has 0 aliphatic rings. The van der Waals surface area contributed by atoms with Crippen molar-refractivity contribution in [1.29, 1.82) is 0 Å². The number of carbonyl (C=O) groups excluding carboxylic acids is 1. The van der Waals surface area contributed by atoms with Gasteiger partial charge in [0.1, 0.15) is 10.8 Å². The average molecular weight is 390 g/mol. The molecule has 8 heteroatoms. The van der Waals surface area contributed by atoms with E-state index in [-0.39, 0.29) is 11.3 Å². The van der Waals surface area contributed by atoms with E-state index in [4.69, 9.17) is 16.3 Å². The smallest absolute Gasteiger partial charge is 0.224 e. The Morgan fingerprint density at radius 2 is 2.11 bits per heavy atom. The molecule has 144 valence electrons. The van der Waals surface area contributed by atoms with Crippen LogP contribution in [0.4, 0.5) is 5.69 Å². The lowest BCUT2D eigenvalue weighted by molar-refractivity contribution is -0.116. The summed E-state index contributed by atoms with van der Waals surface area (Å²) < 4.78 is 6.85. The molecule has 0 fully saturated rings. The van der Waals surface area contributed by atoms with Gasteiger partial charge in [-0.25, -0.2) is 4.98 Å². The fourth-order valence-corrected chi connectivity index (χ4v) is 3.25. The largest absolute Gasteiger partial charge is 0.497 e. The standard InChI is InChI=1S/C19H24ClN5O2/c1-6-7-14(26)21-13-10-11(27-5)8-9-12(13)17-22-18-15(20)16(19(2,3)4)23-25(18)24-17/h8-10,23H,6-7H2,1-5H3,(H,21,26). The molecule has 1 amide bonds. The van der Waals surface area contributed by atoms with Crippen LogP contribution in [0.25, 0.3) is 17.0 Å². The molecule has 2 aromatic heterocycles. The summed E-state index contributed by atoms with van der Waals surface area (Å²) in [7, 11) is 1.58. The first-order valence-corrected chi connectivity index (χ1v) is 9.25. The Morgan fingerprint density at radius 1 is 1.37 bits per heavy atom. The quantitative estimate of drug-likeness (QED) is 0.676. The van der Waals surface area contributed by atoms with Crippen LogP contribution in [0.1, 0.15) is 46.2 Å². The molecule has 0 radical (unpaired) electrons. The molecule has 0 aliphatic heterocycles. The van der Waals surface area contributed by atoms with Crippen LogP contribution in [-0.2, 0) is 10.2 Å². The SMILES string of the molecule is CCCC(=O)Nc1cc(OC)ccc1-c1nc2c(Cl)c(C(C)(C)C)[nH]n2n1. The topological polar surface area (TPSA) is 84.3 Å². The van der Waals surface area contributed by atoms with E-state index in [0.29, 0.717) is 39.9 Å². The third-order valence-corrected chi connectivity index (χ3v) is 4.57. The summed E-state index contributed by atoms with van der Waals surface area (Å²) in [6, 6.07) is 5.40. The third kappa shape index (κ3) is 3.78. The number of benzene rings is 1. The van der Waals surface area contributed by atoms with E-state index in [1.165, 1.54) is 0 Å². The summed E-state index contributed by atoms with van der Waals surface area (Å²) in [5, 5.41) is 11.2. The first-order chi connectivity index (χ1) is 12.7. The zero-order valence-corrected chi connectivity index (χ0v) is 16.9. The van der Waals surface area contributed by atoms with E-state index in [1.807, 2.05) is 19.1 Å². The molecule has 2 heterocycles. The highest BCUT2D eigenvalue weighted by atomic mass is 35.5. The van der Waals surface area contributed by atoms with Crippen LogP contribution in [-0.4, -0.2) is 32.8 Å². The molecule has 0 aliphatic carbocycles. The van der Waals surface area contributed by atoms with Crippen molar-refractivity contribution >= 4 is 28.8 Å². The number of rotatable bonds is 5. The van der Waals surface area contributed by atoms with Gasteiger partial charge in [0.05, 0.1) is 18.5 Å². The molecule has 3 aromatic rings. The van der Waals surface area contributed by atoms with E-state index in [1.54, 1.807) is 17.8 Å². The van der Waals surface area contributed by atoms with Crippen molar-refractivity contribution in [3.63, 3.8) is 0 Å². The number of methoxy groups -OCH3 is 1. The van der Waals surface area contributed by atoms with E-state index < -0.39 is 0 Å². The second kappa shape index (κ2) is 7.23. The third-order valence-electron chi connectivity index (χ3n) is 4.21. The van der Waals surface area contributed by atoms with Crippen molar-refractivity contribution in [3.05, 3.63) is 28.9 Å². The number of nitrogens with one attached hydrogen (secondary N) is 2. The van der Waals surface area contributed by atoms with E-state index in [0.717, 1.165) is 12.1 Å². The highest BCUT2D eigenvalue weighted by Gasteiger charge is 2.25. The molecule has 0 spiro atoms. The predicted molar refractivity (Wildman–Crippen MR) is 107 cm³/mol. The molecule has 0 saturated carbocycles. The first-order valence-electron chi connectivity index (χ1n) is 8.87. The number of amides is 1. The van der Waals surface area contributed by atoms with Crippen molar-refractivity contribution in [2.45, 2.75) is 46.0 Å². The predicted octanol–water partition coefficient (Wildman–Crippen LogP) is 4.42. The van der Waals surface area contributed by atoms with Crippen LogP contribution in [0.15, 0.2) is 18.2 Å². The Kier molecular flexibility index (Phi) is 5.15. The van der Waals surface area contributed by atoms with Crippen LogP contribution in [0, 0.1) is 0 Å². The van der Waals surface area contributed by atoms with Crippen LogP contribution in [0.3, 0.4) is 0 Å². The molecular weight excluding hydrogens is 366 g/mol. The van der Waals surface area contributed by atoms with Crippen molar-refractivity contribution in [3.8, 4) is 17.1 Å². The van der Waals surface area contributed by atoms with Crippen molar-refractivity contribution in [2.24, 2.45) is 0 Å². The van der Waals surface area contributed by atoms with Gasteiger partial charge >= 0.3 is 0 Å². The Morgan fingerprint density at radius 3 is 2.70 bits per heavy atom. The van der Waals surface area contributed by atoms with E-state index in [2.05, 4.69) is 41.3 Å². The maximum Gasteiger partial charge on any atom is 0.224 e. The van der Waals surface area contributed by atoms with E-state index in [9.17, 15) is 4.79 Å². The molecule has 2 N–H and O–H groups in total. The lowest BCUT2D eigenvalue weighted by Crippen LogP contribution is -2.13. The molecule has 27 heavy (non-hydrogen) atoms. The minimum Gasteiger partial charge on any atom is -0.497 e. The fraction of sp³-hybridized carbons (Fsp3) is 0.421. The zero-order valence-electron chi connectivity index (χ0n) is 16.2. The number of hydrogen-bond donors (Lipinski definition) is 2. The van der Waals surface area contributed by atoms with Gasteiger partial charge in [0.15, 0.2) is 11.5 Å². The lowest BCUT2D eigenvalue weighted by Gasteiger charge is -2.16. The summed E-state index contributed by atoms with van der Waals surface area (Å²) in [5.74, 6) is 1.05. The number of aromatic nitrogens is 4. The maximum atomic E-state index is 12.1. The zero-order chi connectivity index (χ0) is 19.8. The summed E-state index contributed by atoms with van der Waals surface area (Å²) in [4.78, 5) is 16.7. The van der Waals surface area contributed by atoms with Gasteiger partial charge in [-0.3, -0.25) is 9.89 Å². The summed E-state index contributed by atoms with van der Waals surface area (Å²) in [6.45, 7) is 8.15. The summed E-state index contributed by atoms with van der Waals surface area (Å²) in [5.41, 5.74) is 2.58. The molecule has 1 aromatic carbocycles. The minimum absolute atomic E-state index is 0.0650. The number of carbonyl (C=O) groups is 1. The van der Waals surface area contributed by atoms with Gasteiger partial charge in [-0.1, -0.05) is 39.3 Å². The Bertz CT molecular complexity index is 984. The van der Waals surface area contributed by atoms with Gasteiger partial charge in [0.25, 0.3) is 0 Å². The molecule has 3 rings (SSSR count).